The second-order valence-corrected chi connectivity index (χ2v) is 5.68. The second-order valence-electron chi connectivity index (χ2n) is 5.68. The van der Waals surface area contributed by atoms with E-state index >= 15 is 0 Å². The highest BCUT2D eigenvalue weighted by atomic mass is 16.3. The predicted octanol–water partition coefficient (Wildman–Crippen LogP) is 2.28. The quantitative estimate of drug-likeness (QED) is 0.555. The fourth-order valence-corrected chi connectivity index (χ4v) is 2.57. The van der Waals surface area contributed by atoms with Gasteiger partial charge in [-0.3, -0.25) is 4.79 Å². The summed E-state index contributed by atoms with van der Waals surface area (Å²) in [5.74, 6) is -0.150. The molecule has 1 aromatic rings. The van der Waals surface area contributed by atoms with Crippen LogP contribution in [0.3, 0.4) is 0 Å². The van der Waals surface area contributed by atoms with Crippen LogP contribution in [-0.4, -0.2) is 17.1 Å². The molecule has 0 aliphatic heterocycles. The van der Waals surface area contributed by atoms with Gasteiger partial charge in [0.2, 0.25) is 0 Å². The van der Waals surface area contributed by atoms with Crippen LogP contribution in [0.15, 0.2) is 18.2 Å². The van der Waals surface area contributed by atoms with Crippen molar-refractivity contribution < 1.29 is 9.90 Å². The van der Waals surface area contributed by atoms with Crippen molar-refractivity contribution in [1.29, 1.82) is 0 Å². The summed E-state index contributed by atoms with van der Waals surface area (Å²) in [6.45, 7) is 4.33. The third kappa shape index (κ3) is 2.42. The minimum Gasteiger partial charge on any atom is -0.508 e. The molecule has 0 aromatic heterocycles. The van der Waals surface area contributed by atoms with E-state index in [0.717, 1.165) is 19.3 Å². The van der Waals surface area contributed by atoms with Crippen LogP contribution in [0.5, 0.6) is 5.75 Å². The Hall–Kier alpha value is -1.71. The Morgan fingerprint density at radius 1 is 1.50 bits per heavy atom. The maximum Gasteiger partial charge on any atom is 0.253 e. The molecular weight excluding hydrogens is 228 g/mol. The van der Waals surface area contributed by atoms with Gasteiger partial charge in [-0.25, -0.2) is 0 Å². The van der Waals surface area contributed by atoms with Crippen molar-refractivity contribution in [1.82, 2.24) is 5.32 Å². The average Bonchev–Trinajstić information content (AvgIpc) is 2.62. The molecule has 1 aliphatic carbocycles. The zero-order valence-corrected chi connectivity index (χ0v) is 10.9. The zero-order chi connectivity index (χ0) is 13.3. The van der Waals surface area contributed by atoms with E-state index in [1.165, 1.54) is 12.1 Å². The van der Waals surface area contributed by atoms with Gasteiger partial charge in [0, 0.05) is 11.7 Å². The zero-order valence-electron chi connectivity index (χ0n) is 10.9. The van der Waals surface area contributed by atoms with Crippen LogP contribution in [-0.2, 0) is 0 Å². The van der Waals surface area contributed by atoms with Gasteiger partial charge >= 0.3 is 0 Å². The van der Waals surface area contributed by atoms with E-state index in [2.05, 4.69) is 19.2 Å². The highest BCUT2D eigenvalue weighted by Crippen LogP contribution is 2.37. The number of amides is 1. The number of hydrogen-bond donors (Lipinski definition) is 3. The summed E-state index contributed by atoms with van der Waals surface area (Å²) < 4.78 is 0. The van der Waals surface area contributed by atoms with Crippen molar-refractivity contribution in [2.24, 2.45) is 5.41 Å². The molecule has 1 unspecified atom stereocenters. The monoisotopic (exact) mass is 248 g/mol. The molecular formula is C14H20N2O2. The van der Waals surface area contributed by atoms with Crippen LogP contribution in [0.4, 0.5) is 5.69 Å². The molecule has 98 valence electrons. The number of nitrogens with two attached hydrogens (primary N) is 1. The Balaban J connectivity index is 2.15. The molecule has 0 heterocycles. The maximum atomic E-state index is 12.2. The number of carbonyl (C=O) groups excluding carboxylic acids is 1. The average molecular weight is 248 g/mol. The summed E-state index contributed by atoms with van der Waals surface area (Å²) in [5, 5.41) is 12.4. The molecule has 1 fully saturated rings. The summed E-state index contributed by atoms with van der Waals surface area (Å²) >= 11 is 0. The van der Waals surface area contributed by atoms with Crippen molar-refractivity contribution in [3.8, 4) is 5.75 Å². The lowest BCUT2D eigenvalue weighted by Gasteiger charge is -2.28. The topological polar surface area (TPSA) is 75.3 Å². The first-order valence-corrected chi connectivity index (χ1v) is 6.29. The lowest BCUT2D eigenvalue weighted by molar-refractivity contribution is 0.0910. The van der Waals surface area contributed by atoms with Crippen LogP contribution in [0.1, 0.15) is 43.5 Å². The van der Waals surface area contributed by atoms with E-state index in [9.17, 15) is 9.90 Å². The number of phenols is 1. The van der Waals surface area contributed by atoms with Gasteiger partial charge in [0.05, 0.1) is 5.56 Å². The summed E-state index contributed by atoms with van der Waals surface area (Å²) in [6.07, 6.45) is 3.25. The SMILES string of the molecule is CC1(C)CCCC1NC(=O)c1cc(O)ccc1N. The molecule has 0 saturated heterocycles. The Kier molecular flexibility index (Phi) is 3.20. The third-order valence-corrected chi connectivity index (χ3v) is 3.84. The molecule has 18 heavy (non-hydrogen) atoms. The minimum atomic E-state index is -0.205. The lowest BCUT2D eigenvalue weighted by atomic mass is 9.87. The molecule has 4 heteroatoms. The third-order valence-electron chi connectivity index (χ3n) is 3.84. The molecule has 0 radical (unpaired) electrons. The second kappa shape index (κ2) is 4.52. The number of nitrogen functional groups attached to an aromatic ring is 1. The van der Waals surface area contributed by atoms with Gasteiger partial charge in [0.15, 0.2) is 0 Å². The summed E-state index contributed by atoms with van der Waals surface area (Å²) in [5.41, 5.74) is 6.62. The molecule has 1 aromatic carbocycles. The van der Waals surface area contributed by atoms with Gasteiger partial charge in [-0.15, -0.1) is 0 Å². The van der Waals surface area contributed by atoms with Crippen molar-refractivity contribution in [3.63, 3.8) is 0 Å². The molecule has 4 N–H and O–H groups in total. The number of benzene rings is 1. The predicted molar refractivity (Wildman–Crippen MR) is 71.4 cm³/mol. The van der Waals surface area contributed by atoms with Crippen molar-refractivity contribution in [2.75, 3.05) is 5.73 Å². The van der Waals surface area contributed by atoms with Crippen LogP contribution in [0.2, 0.25) is 0 Å². The van der Waals surface area contributed by atoms with Crippen LogP contribution < -0.4 is 11.1 Å². The largest absolute Gasteiger partial charge is 0.508 e. The van der Waals surface area contributed by atoms with Gasteiger partial charge in [0.1, 0.15) is 5.75 Å². The number of anilines is 1. The number of rotatable bonds is 2. The summed E-state index contributed by atoms with van der Waals surface area (Å²) in [4.78, 5) is 12.2. The molecule has 2 rings (SSSR count). The van der Waals surface area contributed by atoms with Gasteiger partial charge < -0.3 is 16.2 Å². The molecule has 0 spiro atoms. The van der Waals surface area contributed by atoms with Crippen molar-refractivity contribution in [3.05, 3.63) is 23.8 Å². The fourth-order valence-electron chi connectivity index (χ4n) is 2.57. The van der Waals surface area contributed by atoms with E-state index in [1.807, 2.05) is 0 Å². The molecule has 1 atom stereocenters. The maximum absolute atomic E-state index is 12.2. The molecule has 1 saturated carbocycles. The molecule has 1 aliphatic rings. The Morgan fingerprint density at radius 2 is 2.22 bits per heavy atom. The van der Waals surface area contributed by atoms with Gasteiger partial charge in [-0.1, -0.05) is 20.3 Å². The number of aromatic hydroxyl groups is 1. The molecule has 0 bridgehead atoms. The smallest absolute Gasteiger partial charge is 0.253 e. The normalized spacial score (nSPS) is 21.8. The first-order valence-electron chi connectivity index (χ1n) is 6.29. The highest BCUT2D eigenvalue weighted by molar-refractivity contribution is 5.99. The number of phenolic OH excluding ortho intramolecular Hbond substituents is 1. The van der Waals surface area contributed by atoms with Gasteiger partial charge in [-0.2, -0.15) is 0 Å². The van der Waals surface area contributed by atoms with E-state index in [4.69, 9.17) is 5.73 Å². The van der Waals surface area contributed by atoms with Gasteiger partial charge in [0.25, 0.3) is 5.91 Å². The summed E-state index contributed by atoms with van der Waals surface area (Å²) in [6, 6.07) is 4.61. The van der Waals surface area contributed by atoms with E-state index in [0.29, 0.717) is 11.3 Å². The van der Waals surface area contributed by atoms with E-state index < -0.39 is 0 Å². The Morgan fingerprint density at radius 3 is 2.83 bits per heavy atom. The molecule has 1 amide bonds. The highest BCUT2D eigenvalue weighted by Gasteiger charge is 2.35. The number of nitrogens with one attached hydrogen (secondary N) is 1. The van der Waals surface area contributed by atoms with Crippen LogP contribution in [0, 0.1) is 5.41 Å². The number of hydrogen-bond acceptors (Lipinski definition) is 3. The van der Waals surface area contributed by atoms with Crippen LogP contribution in [0.25, 0.3) is 0 Å². The standard InChI is InChI=1S/C14H20N2O2/c1-14(2)7-3-4-12(14)16-13(18)10-8-9(17)5-6-11(10)15/h5-6,8,12,17H,3-4,7,15H2,1-2H3,(H,16,18). The Bertz CT molecular complexity index is 469. The number of carbonyl (C=O) groups is 1. The van der Waals surface area contributed by atoms with Crippen molar-refractivity contribution in [2.45, 2.75) is 39.2 Å². The molecule has 4 nitrogen and oxygen atoms in total. The Labute approximate surface area is 107 Å². The first kappa shape index (κ1) is 12.7. The van der Waals surface area contributed by atoms with Crippen LogP contribution >= 0.6 is 0 Å². The summed E-state index contributed by atoms with van der Waals surface area (Å²) in [7, 11) is 0. The van der Waals surface area contributed by atoms with E-state index in [1.54, 1.807) is 6.07 Å². The first-order chi connectivity index (χ1) is 8.40. The van der Waals surface area contributed by atoms with E-state index in [-0.39, 0.29) is 23.1 Å². The minimum absolute atomic E-state index is 0.0556. The lowest BCUT2D eigenvalue weighted by Crippen LogP contribution is -2.41. The van der Waals surface area contributed by atoms with Gasteiger partial charge in [-0.05, 0) is 36.5 Å². The van der Waals surface area contributed by atoms with Crippen molar-refractivity contribution >= 4 is 11.6 Å². The fraction of sp³-hybridized carbons (Fsp3) is 0.500.